The molecular weight excluding hydrogens is 638 g/mol. The Morgan fingerprint density at radius 2 is 1.90 bits per heavy atom. The molecule has 3 aromatic rings. The summed E-state index contributed by atoms with van der Waals surface area (Å²) in [5.74, 6) is 1.02. The van der Waals surface area contributed by atoms with Crippen LogP contribution in [-0.4, -0.2) is 86.1 Å². The molecule has 0 radical (unpaired) electrons. The van der Waals surface area contributed by atoms with Crippen molar-refractivity contribution in [2.75, 3.05) is 25.0 Å². The van der Waals surface area contributed by atoms with E-state index in [0.717, 1.165) is 43.3 Å². The van der Waals surface area contributed by atoms with E-state index in [1.165, 1.54) is 6.92 Å². The predicted molar refractivity (Wildman–Crippen MR) is 187 cm³/mol. The Morgan fingerprint density at radius 3 is 2.64 bits per heavy atom. The lowest BCUT2D eigenvalue weighted by molar-refractivity contribution is -0.141. The molecule has 1 aromatic carbocycles. The zero-order valence-corrected chi connectivity index (χ0v) is 29.9. The molecule has 2 aromatic heterocycles. The number of anilines is 1. The molecule has 2 aliphatic heterocycles. The van der Waals surface area contributed by atoms with Crippen LogP contribution >= 0.6 is 0 Å². The van der Waals surface area contributed by atoms with Gasteiger partial charge in [-0.15, -0.1) is 0 Å². The molecule has 3 aliphatic rings. The topological polar surface area (TPSA) is 158 Å². The summed E-state index contributed by atoms with van der Waals surface area (Å²) in [6.07, 6.45) is 7.48. The number of carbonyl (C=O) groups is 3. The zero-order chi connectivity index (χ0) is 35.6. The summed E-state index contributed by atoms with van der Waals surface area (Å²) in [5, 5.41) is 6.00. The number of fused-ring (bicyclic) bond motifs is 5. The minimum atomic E-state index is -0.910. The molecule has 1 saturated heterocycles. The molecule has 2 fully saturated rings. The number of amides is 2. The van der Waals surface area contributed by atoms with Gasteiger partial charge < -0.3 is 29.7 Å². The van der Waals surface area contributed by atoms with Crippen molar-refractivity contribution in [3.63, 3.8) is 0 Å². The fraction of sp³-hybridized carbons (Fsp3) is 0.595. The number of alkyl carbamates (subject to hydrolysis) is 1. The number of hydrogen-bond acceptors (Lipinski definition) is 11. The Morgan fingerprint density at radius 1 is 1.12 bits per heavy atom. The lowest BCUT2D eigenvalue weighted by atomic mass is 9.85. The fourth-order valence-corrected chi connectivity index (χ4v) is 7.19. The third-order valence-corrected chi connectivity index (χ3v) is 10.2. The highest BCUT2D eigenvalue weighted by Gasteiger charge is 2.54. The van der Waals surface area contributed by atoms with Crippen molar-refractivity contribution in [3.8, 4) is 11.6 Å². The second kappa shape index (κ2) is 14.4. The molecule has 2 amide bonds. The number of Topliss-reactive ketones (excluding diaryl/α,β-unsaturated/α-hetero) is 1. The number of nitrogens with zero attached hydrogens (tertiary/aromatic N) is 5. The van der Waals surface area contributed by atoms with E-state index in [-0.39, 0.29) is 30.1 Å². The number of carbonyl (C=O) groups excluding carboxylic acids is 3. The van der Waals surface area contributed by atoms with E-state index in [1.807, 2.05) is 52.8 Å². The molecule has 4 heterocycles. The van der Waals surface area contributed by atoms with Crippen LogP contribution in [0, 0.1) is 17.3 Å². The van der Waals surface area contributed by atoms with Crippen LogP contribution in [0.5, 0.6) is 11.6 Å². The Bertz CT molecular complexity index is 1720. The van der Waals surface area contributed by atoms with Gasteiger partial charge in [-0.2, -0.15) is 0 Å². The number of rotatable bonds is 6. The largest absolute Gasteiger partial charge is 0.492 e. The monoisotopic (exact) mass is 687 g/mol. The standard InChI is InChI=1S/C37H49N7O6/c1-22-29-21-44(30(22)23(2)45)33(46)31(36(3,4)5)43-35(47)50-37(6)20-24(37)11-8-7-9-12-27-32(49-29)42-28-19-25(13-14-26(28)41-27)48-18-17-40-34-38-15-10-16-39-34/h10,13-16,19,22,24,29-31H,7-9,11-12,17-18,20-21H2,1-6H3,(H,43,47)(H,38,39,40)/t22-,24-,29+,30+,31-,37-/m1/s1. The van der Waals surface area contributed by atoms with Gasteiger partial charge in [0.15, 0.2) is 5.78 Å². The van der Waals surface area contributed by atoms with Gasteiger partial charge in [0, 0.05) is 30.3 Å². The Labute approximate surface area is 293 Å². The van der Waals surface area contributed by atoms with Crippen LogP contribution in [0.15, 0.2) is 36.7 Å². The number of nitrogens with one attached hydrogen (secondary N) is 2. The molecule has 1 saturated carbocycles. The van der Waals surface area contributed by atoms with E-state index < -0.39 is 35.3 Å². The van der Waals surface area contributed by atoms with Gasteiger partial charge in [0.2, 0.25) is 17.7 Å². The van der Waals surface area contributed by atoms with Crippen molar-refractivity contribution in [1.82, 2.24) is 30.2 Å². The minimum Gasteiger partial charge on any atom is -0.492 e. The summed E-state index contributed by atoms with van der Waals surface area (Å²) in [5.41, 5.74) is 0.899. The molecule has 2 bridgehead atoms. The lowest BCUT2D eigenvalue weighted by Crippen LogP contribution is -2.57. The number of ether oxygens (including phenoxy) is 3. The molecule has 0 spiro atoms. The predicted octanol–water partition coefficient (Wildman–Crippen LogP) is 5.13. The molecule has 13 heteroatoms. The van der Waals surface area contributed by atoms with Gasteiger partial charge in [0.1, 0.15) is 35.8 Å². The summed E-state index contributed by atoms with van der Waals surface area (Å²) < 4.78 is 18.5. The molecule has 2 N–H and O–H groups in total. The van der Waals surface area contributed by atoms with E-state index >= 15 is 0 Å². The summed E-state index contributed by atoms with van der Waals surface area (Å²) in [4.78, 5) is 60.4. The number of aromatic nitrogens is 4. The van der Waals surface area contributed by atoms with Crippen LogP contribution in [0.25, 0.3) is 11.0 Å². The SMILES string of the molecule is CC(=O)[C@@H]1[C@H](C)[C@@H]2CN1C(=O)[C@H](C(C)(C)C)NC(=O)O[C@]1(C)C[C@H]1CCCCCc1nc3ccc(OCCNc4ncccn4)cc3nc1O2. The van der Waals surface area contributed by atoms with Crippen LogP contribution in [0.3, 0.4) is 0 Å². The van der Waals surface area contributed by atoms with Crippen molar-refractivity contribution in [2.24, 2.45) is 17.3 Å². The molecule has 13 nitrogen and oxygen atoms in total. The Kier molecular flexibility index (Phi) is 10.1. The first-order valence-corrected chi connectivity index (χ1v) is 17.7. The maximum absolute atomic E-state index is 14.3. The molecule has 50 heavy (non-hydrogen) atoms. The van der Waals surface area contributed by atoms with Crippen molar-refractivity contribution in [1.29, 1.82) is 0 Å². The highest BCUT2D eigenvalue weighted by Crippen LogP contribution is 2.49. The van der Waals surface area contributed by atoms with Gasteiger partial charge in [0.05, 0.1) is 30.2 Å². The Balaban J connectivity index is 1.27. The van der Waals surface area contributed by atoms with Gasteiger partial charge >= 0.3 is 6.09 Å². The van der Waals surface area contributed by atoms with Crippen LogP contribution in [-0.2, 0) is 20.7 Å². The molecule has 1 aliphatic carbocycles. The van der Waals surface area contributed by atoms with Gasteiger partial charge in [-0.25, -0.2) is 24.7 Å². The molecular formula is C37H49N7O6. The number of benzene rings is 1. The van der Waals surface area contributed by atoms with Gasteiger partial charge in [-0.3, -0.25) is 9.59 Å². The van der Waals surface area contributed by atoms with Gasteiger partial charge in [-0.1, -0.05) is 40.5 Å². The lowest BCUT2D eigenvalue weighted by Gasteiger charge is -2.35. The second-order valence-corrected chi connectivity index (χ2v) is 15.2. The van der Waals surface area contributed by atoms with E-state index in [4.69, 9.17) is 24.2 Å². The molecule has 6 rings (SSSR count). The third kappa shape index (κ3) is 7.92. The van der Waals surface area contributed by atoms with E-state index in [2.05, 4.69) is 20.6 Å². The van der Waals surface area contributed by atoms with Crippen LogP contribution in [0.4, 0.5) is 10.7 Å². The third-order valence-electron chi connectivity index (χ3n) is 10.2. The highest BCUT2D eigenvalue weighted by molar-refractivity contribution is 5.92. The number of hydrogen-bond donors (Lipinski definition) is 2. The van der Waals surface area contributed by atoms with E-state index in [9.17, 15) is 14.4 Å². The summed E-state index contributed by atoms with van der Waals surface area (Å²) in [6, 6.07) is 5.74. The summed E-state index contributed by atoms with van der Waals surface area (Å²) in [7, 11) is 0. The van der Waals surface area contributed by atoms with E-state index in [0.29, 0.717) is 42.7 Å². The number of aryl methyl sites for hydroxylation is 1. The smallest absolute Gasteiger partial charge is 0.408 e. The highest BCUT2D eigenvalue weighted by atomic mass is 16.6. The molecule has 0 unspecified atom stereocenters. The van der Waals surface area contributed by atoms with Crippen LogP contribution in [0.2, 0.25) is 0 Å². The molecule has 6 atom stereocenters. The van der Waals surface area contributed by atoms with Crippen LogP contribution in [0.1, 0.15) is 79.3 Å². The Hall–Kier alpha value is -4.55. The van der Waals surface area contributed by atoms with Crippen molar-refractivity contribution in [2.45, 2.75) is 104 Å². The maximum atomic E-state index is 14.3. The average Bonchev–Trinajstić information content (AvgIpc) is 3.58. The summed E-state index contributed by atoms with van der Waals surface area (Å²) in [6.45, 7) is 12.1. The van der Waals surface area contributed by atoms with Crippen LogP contribution < -0.4 is 20.1 Å². The fourth-order valence-electron chi connectivity index (χ4n) is 7.19. The first-order valence-electron chi connectivity index (χ1n) is 17.7. The second-order valence-electron chi connectivity index (χ2n) is 15.2. The normalized spacial score (nSPS) is 27.5. The molecule has 268 valence electrons. The van der Waals surface area contributed by atoms with Gasteiger partial charge in [-0.05, 0) is 63.1 Å². The average molecular weight is 688 g/mol. The minimum absolute atomic E-state index is 0.147. The quantitative estimate of drug-likeness (QED) is 0.331. The van der Waals surface area contributed by atoms with Crippen molar-refractivity contribution < 1.29 is 28.6 Å². The number of ketones is 1. The van der Waals surface area contributed by atoms with Crippen molar-refractivity contribution >= 4 is 34.8 Å². The van der Waals surface area contributed by atoms with E-state index in [1.54, 1.807) is 23.4 Å². The summed E-state index contributed by atoms with van der Waals surface area (Å²) >= 11 is 0. The zero-order valence-electron chi connectivity index (χ0n) is 29.9. The first kappa shape index (κ1) is 35.3. The first-order chi connectivity index (χ1) is 23.8. The van der Waals surface area contributed by atoms with Gasteiger partial charge in [0.25, 0.3) is 0 Å². The maximum Gasteiger partial charge on any atom is 0.408 e. The van der Waals surface area contributed by atoms with Crippen molar-refractivity contribution in [3.05, 3.63) is 42.4 Å².